The summed E-state index contributed by atoms with van der Waals surface area (Å²) >= 11 is 0. The molecule has 14 aromatic rings. The molecule has 10 aromatic carbocycles. The smallest absolute Gasteiger partial charge is 0.238 e. The maximum absolute atomic E-state index is 6.69. The second-order valence-electron chi connectivity index (χ2n) is 17.6. The van der Waals surface area contributed by atoms with Crippen molar-refractivity contribution >= 4 is 65.6 Å². The van der Waals surface area contributed by atoms with E-state index < -0.39 is 0 Å². The zero-order valence-corrected chi connectivity index (χ0v) is 37.2. The molecular weight excluding hydrogens is 843 g/mol. The van der Waals surface area contributed by atoms with Crippen LogP contribution in [0.1, 0.15) is 0 Å². The van der Waals surface area contributed by atoms with Crippen LogP contribution in [0, 0.1) is 0 Å². The summed E-state index contributed by atoms with van der Waals surface area (Å²) in [6.07, 6.45) is 0. The molecule has 14 rings (SSSR count). The first-order valence-corrected chi connectivity index (χ1v) is 23.3. The molecule has 6 nitrogen and oxygen atoms in total. The molecule has 0 unspecified atom stereocenters. The van der Waals surface area contributed by atoms with Crippen LogP contribution < -0.4 is 0 Å². The van der Waals surface area contributed by atoms with Crippen LogP contribution in [0.2, 0.25) is 0 Å². The summed E-state index contributed by atoms with van der Waals surface area (Å²) in [6.45, 7) is 0. The van der Waals surface area contributed by atoms with Crippen molar-refractivity contribution in [3.8, 4) is 67.8 Å². The number of nitrogens with zero attached hydrogens (tertiary/aromatic N) is 5. The van der Waals surface area contributed by atoms with E-state index in [0.717, 1.165) is 116 Å². The molecule has 0 saturated heterocycles. The van der Waals surface area contributed by atoms with Gasteiger partial charge in [0.25, 0.3) is 0 Å². The Kier molecular flexibility index (Phi) is 8.79. The third-order valence-corrected chi connectivity index (χ3v) is 13.6. The summed E-state index contributed by atoms with van der Waals surface area (Å²) in [7, 11) is 0. The van der Waals surface area contributed by atoms with Crippen LogP contribution in [0.4, 0.5) is 0 Å². The van der Waals surface area contributed by atoms with Crippen molar-refractivity contribution in [2.75, 3.05) is 0 Å². The van der Waals surface area contributed by atoms with E-state index in [9.17, 15) is 0 Å². The lowest BCUT2D eigenvalue weighted by molar-refractivity contribution is 0.670. The lowest BCUT2D eigenvalue weighted by Gasteiger charge is -2.15. The van der Waals surface area contributed by atoms with Crippen molar-refractivity contribution in [3.63, 3.8) is 0 Å². The van der Waals surface area contributed by atoms with E-state index in [1.54, 1.807) is 0 Å². The topological polar surface area (TPSA) is 61.7 Å². The predicted molar refractivity (Wildman–Crippen MR) is 283 cm³/mol. The number of benzene rings is 10. The molecule has 0 amide bonds. The highest BCUT2D eigenvalue weighted by Gasteiger charge is 2.25. The van der Waals surface area contributed by atoms with E-state index >= 15 is 0 Å². The molecule has 4 aromatic heterocycles. The average Bonchev–Trinajstić information content (AvgIpc) is 4.09. The van der Waals surface area contributed by atoms with Gasteiger partial charge >= 0.3 is 0 Å². The van der Waals surface area contributed by atoms with Crippen LogP contribution >= 0.6 is 0 Å². The number of aromatic nitrogens is 5. The Hall–Kier alpha value is -9.39. The molecule has 0 bridgehead atoms. The fourth-order valence-corrected chi connectivity index (χ4v) is 10.4. The maximum atomic E-state index is 6.69. The summed E-state index contributed by atoms with van der Waals surface area (Å²) in [5, 5.41) is 6.62. The van der Waals surface area contributed by atoms with E-state index in [-0.39, 0.29) is 0 Å². The molecule has 6 heteroatoms. The number of rotatable bonds is 7. The van der Waals surface area contributed by atoms with Crippen molar-refractivity contribution < 1.29 is 4.42 Å². The van der Waals surface area contributed by atoms with Gasteiger partial charge in [-0.1, -0.05) is 200 Å². The Morgan fingerprint density at radius 1 is 0.304 bits per heavy atom. The van der Waals surface area contributed by atoms with E-state index in [1.807, 2.05) is 18.2 Å². The quantitative estimate of drug-likeness (QED) is 0.160. The average molecular weight is 882 g/mol. The van der Waals surface area contributed by atoms with Gasteiger partial charge in [-0.15, -0.1) is 0 Å². The first kappa shape index (κ1) is 38.8. The van der Waals surface area contributed by atoms with Gasteiger partial charge in [0.2, 0.25) is 5.95 Å². The van der Waals surface area contributed by atoms with Crippen molar-refractivity contribution in [1.82, 2.24) is 24.1 Å². The van der Waals surface area contributed by atoms with E-state index in [1.165, 1.54) is 0 Å². The normalized spacial score (nSPS) is 11.8. The van der Waals surface area contributed by atoms with Crippen LogP contribution in [0.3, 0.4) is 0 Å². The van der Waals surface area contributed by atoms with Crippen LogP contribution in [0.15, 0.2) is 241 Å². The molecular formula is C63H39N5O. The number of para-hydroxylation sites is 3. The third kappa shape index (κ3) is 6.30. The van der Waals surface area contributed by atoms with Crippen LogP contribution in [-0.2, 0) is 0 Å². The molecule has 0 atom stereocenters. The van der Waals surface area contributed by atoms with Gasteiger partial charge in [0.15, 0.2) is 11.6 Å². The van der Waals surface area contributed by atoms with Crippen LogP contribution in [0.5, 0.6) is 0 Å². The maximum Gasteiger partial charge on any atom is 0.238 e. The van der Waals surface area contributed by atoms with Gasteiger partial charge in [0.05, 0.1) is 22.1 Å². The SMILES string of the molecule is c1ccc(-c2ccc(-c3nc(-c4cccc(-c5ccccc5)c4)nc(-n4c5ccccc5c5ccc6c7ccccc7n(-c7cc(-c8ccccc8)c8oc9ccccc9c8c7)c6c54)n3)cc2)cc1. The van der Waals surface area contributed by atoms with Gasteiger partial charge in [-0.25, -0.2) is 4.98 Å². The minimum Gasteiger partial charge on any atom is -0.455 e. The summed E-state index contributed by atoms with van der Waals surface area (Å²) < 4.78 is 11.4. The molecule has 0 aliphatic rings. The monoisotopic (exact) mass is 881 g/mol. The molecule has 0 N–H and O–H groups in total. The lowest BCUT2D eigenvalue weighted by atomic mass is 10.0. The largest absolute Gasteiger partial charge is 0.455 e. The number of fused-ring (bicyclic) bond motifs is 10. The summed E-state index contributed by atoms with van der Waals surface area (Å²) in [5.41, 5.74) is 15.3. The molecule has 0 spiro atoms. The minimum atomic E-state index is 0.531. The van der Waals surface area contributed by atoms with Crippen molar-refractivity contribution in [2.45, 2.75) is 0 Å². The first-order chi connectivity index (χ1) is 34.2. The second kappa shape index (κ2) is 15.6. The molecule has 0 saturated carbocycles. The van der Waals surface area contributed by atoms with E-state index in [4.69, 9.17) is 19.4 Å². The molecule has 322 valence electrons. The predicted octanol–water partition coefficient (Wildman–Crippen LogP) is 16.3. The van der Waals surface area contributed by atoms with Gasteiger partial charge in [-0.05, 0) is 64.2 Å². The molecule has 0 fully saturated rings. The zero-order chi connectivity index (χ0) is 45.4. The highest BCUT2D eigenvalue weighted by atomic mass is 16.3. The zero-order valence-electron chi connectivity index (χ0n) is 37.2. The van der Waals surface area contributed by atoms with Crippen LogP contribution in [0.25, 0.3) is 133 Å². The molecule has 69 heavy (non-hydrogen) atoms. The summed E-state index contributed by atoms with van der Waals surface area (Å²) in [4.78, 5) is 16.2. The number of hydrogen-bond acceptors (Lipinski definition) is 4. The summed E-state index contributed by atoms with van der Waals surface area (Å²) in [6, 6.07) is 83.3. The van der Waals surface area contributed by atoms with Gasteiger partial charge < -0.3 is 8.98 Å². The van der Waals surface area contributed by atoms with E-state index in [2.05, 4.69) is 228 Å². The standard InChI is InChI=1S/C63H39N5O/c1-4-17-40(18-5-1)42-31-33-44(34-32-42)61-64-62(46-24-16-23-45(37-46)41-19-6-2-7-20-41)66-63(65-61)68-56-29-14-11-26-49(56)52-36-35-51-48-25-10-13-28-55(48)67(58(51)59(52)68)47-38-53(43-21-8-3-9-22-43)60-54(39-47)50-27-12-15-30-57(50)69-60/h1-39H. The number of hydrogen-bond donors (Lipinski definition) is 0. The molecule has 0 aliphatic carbocycles. The van der Waals surface area contributed by atoms with Gasteiger partial charge in [-0.2, -0.15) is 9.97 Å². The third-order valence-electron chi connectivity index (χ3n) is 13.6. The Labute approximate surface area is 396 Å². The Bertz CT molecular complexity index is 4280. The van der Waals surface area contributed by atoms with Gasteiger partial charge in [-0.3, -0.25) is 4.57 Å². The van der Waals surface area contributed by atoms with E-state index in [0.29, 0.717) is 17.6 Å². The first-order valence-electron chi connectivity index (χ1n) is 23.3. The Balaban J connectivity index is 1.08. The Morgan fingerprint density at radius 3 is 1.48 bits per heavy atom. The Morgan fingerprint density at radius 2 is 0.797 bits per heavy atom. The molecule has 0 aliphatic heterocycles. The summed E-state index contributed by atoms with van der Waals surface area (Å²) in [5.74, 6) is 1.70. The van der Waals surface area contributed by atoms with Gasteiger partial charge in [0, 0.05) is 54.7 Å². The molecule has 0 radical (unpaired) electrons. The van der Waals surface area contributed by atoms with Crippen molar-refractivity contribution in [2.24, 2.45) is 0 Å². The fraction of sp³-hybridized carbons (Fsp3) is 0. The molecule has 4 heterocycles. The highest BCUT2D eigenvalue weighted by molar-refractivity contribution is 6.24. The van der Waals surface area contributed by atoms with Crippen molar-refractivity contribution in [3.05, 3.63) is 237 Å². The van der Waals surface area contributed by atoms with Crippen molar-refractivity contribution in [1.29, 1.82) is 0 Å². The van der Waals surface area contributed by atoms with Gasteiger partial charge in [0.1, 0.15) is 11.2 Å². The fourth-order valence-electron chi connectivity index (χ4n) is 10.4. The highest BCUT2D eigenvalue weighted by Crippen LogP contribution is 2.44. The van der Waals surface area contributed by atoms with Crippen LogP contribution in [-0.4, -0.2) is 24.1 Å². The second-order valence-corrected chi connectivity index (χ2v) is 17.6. The number of furan rings is 1. The minimum absolute atomic E-state index is 0.531. The lowest BCUT2D eigenvalue weighted by Crippen LogP contribution is -2.07.